The Balaban J connectivity index is 2.00. The zero-order valence-corrected chi connectivity index (χ0v) is 15.8. The molecule has 3 N–H and O–H groups in total. The molecule has 3 fully saturated rings. The van der Waals surface area contributed by atoms with Crippen LogP contribution in [0.2, 0.25) is 0 Å². The molecule has 3 rings (SSSR count). The summed E-state index contributed by atoms with van der Waals surface area (Å²) in [5.74, 6) is -1.88. The summed E-state index contributed by atoms with van der Waals surface area (Å²) in [6, 6.07) is 0. The summed E-state index contributed by atoms with van der Waals surface area (Å²) in [5.41, 5.74) is -0.864. The van der Waals surface area contributed by atoms with Crippen LogP contribution in [0.5, 0.6) is 0 Å². The number of hydrogen-bond acceptors (Lipinski definition) is 7. The van der Waals surface area contributed by atoms with Crippen LogP contribution in [0.1, 0.15) is 40.5 Å². The van der Waals surface area contributed by atoms with Crippen molar-refractivity contribution in [1.82, 2.24) is 0 Å². The fourth-order valence-electron chi connectivity index (χ4n) is 4.36. The van der Waals surface area contributed by atoms with Crippen LogP contribution < -0.4 is 0 Å². The van der Waals surface area contributed by atoms with Crippen LogP contribution in [-0.4, -0.2) is 69.6 Å². The molecule has 26 heavy (non-hydrogen) atoms. The van der Waals surface area contributed by atoms with Crippen molar-refractivity contribution < 1.29 is 34.3 Å². The van der Waals surface area contributed by atoms with Gasteiger partial charge < -0.3 is 29.5 Å². The summed E-state index contributed by atoms with van der Waals surface area (Å²) in [6.07, 6.45) is -4.05. The topological polar surface area (TPSA) is 109 Å². The molecule has 3 unspecified atom stereocenters. The maximum Gasteiger partial charge on any atom is 0.334 e. The summed E-state index contributed by atoms with van der Waals surface area (Å²) in [6.45, 7) is 11.1. The Bertz CT molecular complexity index is 578. The van der Waals surface area contributed by atoms with Crippen LogP contribution in [0.3, 0.4) is 0 Å². The SMILES string of the molecule is C=C1C(=O)O[C@@H]2C1[C@H](OC(C)CCC)[C@@H](O)[C@@H](C)[C@H](O)C1O[C@]1(C)[C@H]2O. The lowest BCUT2D eigenvalue weighted by atomic mass is 9.81. The average Bonchev–Trinajstić information content (AvgIpc) is 3.20. The summed E-state index contributed by atoms with van der Waals surface area (Å²) >= 11 is 0. The first-order chi connectivity index (χ1) is 12.1. The van der Waals surface area contributed by atoms with Gasteiger partial charge in [-0.3, -0.25) is 0 Å². The molecule has 0 amide bonds. The average molecular weight is 370 g/mol. The highest BCUT2D eigenvalue weighted by atomic mass is 16.6. The van der Waals surface area contributed by atoms with Crippen molar-refractivity contribution in [2.45, 2.75) is 88.9 Å². The molecule has 1 saturated carbocycles. The molecular formula is C19H30O7. The maximum absolute atomic E-state index is 12.2. The van der Waals surface area contributed by atoms with Crippen LogP contribution in [-0.2, 0) is 19.0 Å². The smallest absolute Gasteiger partial charge is 0.334 e. The van der Waals surface area contributed by atoms with Gasteiger partial charge in [-0.2, -0.15) is 0 Å². The lowest BCUT2D eigenvalue weighted by Gasteiger charge is -2.36. The number of aliphatic hydroxyl groups is 3. The zero-order chi connectivity index (χ0) is 19.4. The van der Waals surface area contributed by atoms with Crippen LogP contribution in [0, 0.1) is 11.8 Å². The second-order valence-corrected chi connectivity index (χ2v) is 8.13. The highest BCUT2D eigenvalue weighted by Crippen LogP contribution is 2.50. The zero-order valence-electron chi connectivity index (χ0n) is 15.8. The molecule has 0 aromatic carbocycles. The van der Waals surface area contributed by atoms with E-state index in [9.17, 15) is 20.1 Å². The van der Waals surface area contributed by atoms with Crippen molar-refractivity contribution >= 4 is 5.97 Å². The first-order valence-electron chi connectivity index (χ1n) is 9.40. The van der Waals surface area contributed by atoms with E-state index >= 15 is 0 Å². The molecule has 7 nitrogen and oxygen atoms in total. The van der Waals surface area contributed by atoms with Crippen molar-refractivity contribution in [1.29, 1.82) is 0 Å². The number of carbonyl (C=O) groups excluding carboxylic acids is 1. The van der Waals surface area contributed by atoms with Crippen molar-refractivity contribution in [2.75, 3.05) is 0 Å². The van der Waals surface area contributed by atoms with E-state index in [1.54, 1.807) is 13.8 Å². The highest BCUT2D eigenvalue weighted by molar-refractivity contribution is 5.91. The number of epoxide rings is 1. The molecule has 7 heteroatoms. The quantitative estimate of drug-likeness (QED) is 0.377. The largest absolute Gasteiger partial charge is 0.455 e. The molecule has 2 saturated heterocycles. The predicted molar refractivity (Wildman–Crippen MR) is 92.2 cm³/mol. The van der Waals surface area contributed by atoms with Gasteiger partial charge in [-0.1, -0.05) is 26.8 Å². The van der Waals surface area contributed by atoms with Gasteiger partial charge in [0.1, 0.15) is 23.9 Å². The minimum Gasteiger partial charge on any atom is -0.455 e. The van der Waals surface area contributed by atoms with Crippen molar-refractivity contribution in [3.8, 4) is 0 Å². The van der Waals surface area contributed by atoms with Crippen LogP contribution in [0.25, 0.3) is 0 Å². The van der Waals surface area contributed by atoms with Gasteiger partial charge in [0.05, 0.1) is 30.3 Å². The molecule has 0 aromatic rings. The molecule has 10 atom stereocenters. The Hall–Kier alpha value is -0.990. The first-order valence-corrected chi connectivity index (χ1v) is 9.40. The number of esters is 1. The number of hydrogen-bond donors (Lipinski definition) is 3. The van der Waals surface area contributed by atoms with Crippen molar-refractivity contribution in [3.63, 3.8) is 0 Å². The molecule has 2 aliphatic heterocycles. The Morgan fingerprint density at radius 1 is 1.31 bits per heavy atom. The summed E-state index contributed by atoms with van der Waals surface area (Å²) in [5, 5.41) is 32.5. The van der Waals surface area contributed by atoms with Crippen LogP contribution >= 0.6 is 0 Å². The van der Waals surface area contributed by atoms with E-state index in [2.05, 4.69) is 6.58 Å². The van der Waals surface area contributed by atoms with E-state index < -0.39 is 60.0 Å². The number of rotatable bonds is 4. The summed E-state index contributed by atoms with van der Waals surface area (Å²) < 4.78 is 17.1. The second kappa shape index (κ2) is 6.87. The summed E-state index contributed by atoms with van der Waals surface area (Å²) in [7, 11) is 0. The standard InChI is InChI=1S/C19H30O7/c1-6-7-8(2)24-14-11-9(3)18(23)25-15(11)16(22)19(5)17(26-19)13(21)10(4)12(14)20/h8,10-17,20-22H,3,6-7H2,1-2,4-5H3/t8?,10-,11?,12+,13+,14+,15-,16+,17?,19-/m1/s1. The van der Waals surface area contributed by atoms with E-state index in [-0.39, 0.29) is 11.7 Å². The van der Waals surface area contributed by atoms with E-state index in [0.29, 0.717) is 0 Å². The third-order valence-corrected chi connectivity index (χ3v) is 6.21. The minimum atomic E-state index is -1.15. The molecule has 1 aliphatic carbocycles. The van der Waals surface area contributed by atoms with E-state index in [1.165, 1.54) is 0 Å². The molecule has 0 aromatic heterocycles. The van der Waals surface area contributed by atoms with Crippen LogP contribution in [0.15, 0.2) is 12.2 Å². The van der Waals surface area contributed by atoms with Crippen molar-refractivity contribution in [3.05, 3.63) is 12.2 Å². The Morgan fingerprint density at radius 2 is 1.96 bits per heavy atom. The van der Waals surface area contributed by atoms with Gasteiger partial charge in [0, 0.05) is 11.5 Å². The van der Waals surface area contributed by atoms with Gasteiger partial charge in [-0.25, -0.2) is 4.79 Å². The number of ether oxygens (including phenoxy) is 3. The highest BCUT2D eigenvalue weighted by Gasteiger charge is 2.68. The van der Waals surface area contributed by atoms with Gasteiger partial charge in [0.25, 0.3) is 0 Å². The molecule has 3 aliphatic rings. The molecule has 0 spiro atoms. The number of aliphatic hydroxyl groups excluding tert-OH is 3. The maximum atomic E-state index is 12.2. The third-order valence-electron chi connectivity index (χ3n) is 6.21. The Morgan fingerprint density at radius 3 is 2.58 bits per heavy atom. The number of carbonyl (C=O) groups is 1. The molecule has 148 valence electrons. The monoisotopic (exact) mass is 370 g/mol. The van der Waals surface area contributed by atoms with E-state index in [1.807, 2.05) is 13.8 Å². The molecule has 0 bridgehead atoms. The minimum absolute atomic E-state index is 0.160. The van der Waals surface area contributed by atoms with Gasteiger partial charge in [0.2, 0.25) is 0 Å². The fourth-order valence-corrected chi connectivity index (χ4v) is 4.36. The number of fused-ring (bicyclic) bond motifs is 2. The normalized spacial score (nSPS) is 49.3. The van der Waals surface area contributed by atoms with Gasteiger partial charge in [-0.05, 0) is 20.3 Å². The second-order valence-electron chi connectivity index (χ2n) is 8.13. The Labute approximate surface area is 153 Å². The van der Waals surface area contributed by atoms with E-state index in [0.717, 1.165) is 12.8 Å². The van der Waals surface area contributed by atoms with Gasteiger partial charge >= 0.3 is 5.97 Å². The molecular weight excluding hydrogens is 340 g/mol. The molecule has 0 radical (unpaired) electrons. The van der Waals surface area contributed by atoms with Gasteiger partial charge in [0.15, 0.2) is 0 Å². The van der Waals surface area contributed by atoms with Gasteiger partial charge in [-0.15, -0.1) is 0 Å². The summed E-state index contributed by atoms with van der Waals surface area (Å²) in [4.78, 5) is 12.2. The van der Waals surface area contributed by atoms with E-state index in [4.69, 9.17) is 14.2 Å². The van der Waals surface area contributed by atoms with Crippen LogP contribution in [0.4, 0.5) is 0 Å². The molecule has 2 heterocycles. The fraction of sp³-hybridized carbons (Fsp3) is 0.842. The Kier molecular flexibility index (Phi) is 5.22. The van der Waals surface area contributed by atoms with Crippen molar-refractivity contribution in [2.24, 2.45) is 11.8 Å². The first kappa shape index (κ1) is 19.8. The third kappa shape index (κ3) is 2.99. The lowest BCUT2D eigenvalue weighted by molar-refractivity contribution is -0.158. The predicted octanol–water partition coefficient (Wildman–Crippen LogP) is 0.548. The lowest BCUT2D eigenvalue weighted by Crippen LogP contribution is -2.50.